The van der Waals surface area contributed by atoms with Crippen molar-refractivity contribution in [2.75, 3.05) is 11.1 Å². The van der Waals surface area contributed by atoms with Crippen molar-refractivity contribution in [1.82, 2.24) is 9.55 Å². The molecule has 0 atom stereocenters. The van der Waals surface area contributed by atoms with E-state index in [4.69, 9.17) is 0 Å². The second-order valence-electron chi connectivity index (χ2n) is 7.44. The van der Waals surface area contributed by atoms with Crippen molar-refractivity contribution < 1.29 is 18.0 Å². The number of anilines is 1. The van der Waals surface area contributed by atoms with Crippen molar-refractivity contribution in [3.05, 3.63) is 64.4 Å². The van der Waals surface area contributed by atoms with Crippen LogP contribution in [0, 0.1) is 0 Å². The van der Waals surface area contributed by atoms with Crippen molar-refractivity contribution in [1.29, 1.82) is 0 Å². The molecule has 1 aliphatic carbocycles. The Morgan fingerprint density at radius 2 is 1.87 bits per heavy atom. The molecule has 0 spiro atoms. The van der Waals surface area contributed by atoms with E-state index in [1.54, 1.807) is 28.8 Å². The molecule has 1 aliphatic rings. The maximum Gasteiger partial charge on any atom is 0.416 e. The summed E-state index contributed by atoms with van der Waals surface area (Å²) < 4.78 is 40.3. The van der Waals surface area contributed by atoms with Crippen LogP contribution in [0.3, 0.4) is 0 Å². The zero-order chi connectivity index (χ0) is 22.0. The second kappa shape index (κ2) is 8.74. The summed E-state index contributed by atoms with van der Waals surface area (Å²) in [6.07, 6.45) is -0.663. The number of amides is 1. The molecule has 5 nitrogen and oxygen atoms in total. The third-order valence-electron chi connectivity index (χ3n) is 5.27. The molecule has 3 aromatic rings. The van der Waals surface area contributed by atoms with Gasteiger partial charge in [0.05, 0.1) is 22.2 Å². The normalized spacial score (nSPS) is 14.8. The number of carbonyl (C=O) groups excluding carboxylic acids is 1. The number of para-hydroxylation sites is 1. The molecule has 0 unspecified atom stereocenters. The van der Waals surface area contributed by atoms with Gasteiger partial charge in [0.1, 0.15) is 0 Å². The molecule has 0 saturated heterocycles. The molecule has 9 heteroatoms. The van der Waals surface area contributed by atoms with Gasteiger partial charge in [-0.2, -0.15) is 13.2 Å². The largest absolute Gasteiger partial charge is 0.416 e. The zero-order valence-corrected chi connectivity index (χ0v) is 17.3. The summed E-state index contributed by atoms with van der Waals surface area (Å²) >= 11 is 1.12. The van der Waals surface area contributed by atoms with Crippen molar-refractivity contribution in [3.63, 3.8) is 0 Å². The van der Waals surface area contributed by atoms with Crippen LogP contribution >= 0.6 is 11.8 Å². The monoisotopic (exact) mass is 447 g/mol. The first-order chi connectivity index (χ1) is 14.8. The van der Waals surface area contributed by atoms with Gasteiger partial charge in [0.25, 0.3) is 5.56 Å². The summed E-state index contributed by atoms with van der Waals surface area (Å²) in [5, 5.41) is 3.48. The van der Waals surface area contributed by atoms with Gasteiger partial charge in [-0.15, -0.1) is 0 Å². The zero-order valence-electron chi connectivity index (χ0n) is 16.5. The Kier molecular flexibility index (Phi) is 6.04. The molecule has 4 rings (SSSR count). The molecule has 0 aliphatic heterocycles. The quantitative estimate of drug-likeness (QED) is 0.428. The third-order valence-corrected chi connectivity index (χ3v) is 6.22. The summed E-state index contributed by atoms with van der Waals surface area (Å²) in [6.45, 7) is 0. The first kappa shape index (κ1) is 21.4. The van der Waals surface area contributed by atoms with Crippen LogP contribution in [0.1, 0.15) is 37.3 Å². The summed E-state index contributed by atoms with van der Waals surface area (Å²) in [5.41, 5.74) is -0.329. The number of hydrogen-bond acceptors (Lipinski definition) is 4. The van der Waals surface area contributed by atoms with E-state index in [2.05, 4.69) is 10.3 Å². The lowest BCUT2D eigenvalue weighted by Gasteiger charge is -2.18. The van der Waals surface area contributed by atoms with Crippen molar-refractivity contribution >= 4 is 34.3 Å². The number of alkyl halides is 3. The molecule has 0 radical (unpaired) electrons. The summed E-state index contributed by atoms with van der Waals surface area (Å²) in [5.74, 6) is -0.544. The van der Waals surface area contributed by atoms with Crippen LogP contribution in [0.25, 0.3) is 10.9 Å². The molecule has 1 aromatic heterocycles. The number of carbonyl (C=O) groups is 1. The molecule has 31 heavy (non-hydrogen) atoms. The van der Waals surface area contributed by atoms with E-state index in [1.807, 2.05) is 0 Å². The lowest BCUT2D eigenvalue weighted by atomic mass is 10.2. The van der Waals surface area contributed by atoms with Crippen molar-refractivity contribution in [2.45, 2.75) is 43.1 Å². The number of thioether (sulfide) groups is 1. The summed E-state index contributed by atoms with van der Waals surface area (Å²) in [4.78, 5) is 30.1. The number of aromatic nitrogens is 2. The molecule has 1 heterocycles. The Labute approximate surface area is 180 Å². The average molecular weight is 447 g/mol. The first-order valence-electron chi connectivity index (χ1n) is 9.94. The van der Waals surface area contributed by atoms with Gasteiger partial charge in [0, 0.05) is 11.7 Å². The third kappa shape index (κ3) is 4.76. The van der Waals surface area contributed by atoms with Gasteiger partial charge >= 0.3 is 6.18 Å². The van der Waals surface area contributed by atoms with Gasteiger partial charge in [-0.1, -0.05) is 42.8 Å². The minimum atomic E-state index is -4.48. The van der Waals surface area contributed by atoms with Gasteiger partial charge in [0.2, 0.25) is 5.91 Å². The maximum atomic E-state index is 13.1. The van der Waals surface area contributed by atoms with Gasteiger partial charge in [-0.3, -0.25) is 14.2 Å². The lowest BCUT2D eigenvalue weighted by Crippen LogP contribution is -2.27. The molecule has 1 N–H and O–H groups in total. The van der Waals surface area contributed by atoms with E-state index in [-0.39, 0.29) is 23.0 Å². The van der Waals surface area contributed by atoms with E-state index in [0.717, 1.165) is 49.6 Å². The van der Waals surface area contributed by atoms with Gasteiger partial charge in [-0.25, -0.2) is 4.98 Å². The summed E-state index contributed by atoms with van der Waals surface area (Å²) in [7, 11) is 0. The summed E-state index contributed by atoms with van der Waals surface area (Å²) in [6, 6.07) is 11.6. The predicted molar refractivity (Wildman–Crippen MR) is 114 cm³/mol. The van der Waals surface area contributed by atoms with E-state index < -0.39 is 17.6 Å². The van der Waals surface area contributed by atoms with Crippen LogP contribution < -0.4 is 10.9 Å². The Balaban J connectivity index is 1.55. The van der Waals surface area contributed by atoms with Crippen LogP contribution in [0.5, 0.6) is 0 Å². The maximum absolute atomic E-state index is 13.1. The smallest absolute Gasteiger partial charge is 0.325 e. The SMILES string of the molecule is O=C(CSc1nc2ccccc2c(=O)n1C1CCCC1)Nc1cccc(C(F)(F)F)c1. The molecule has 1 fully saturated rings. The highest BCUT2D eigenvalue weighted by atomic mass is 32.2. The Morgan fingerprint density at radius 3 is 2.61 bits per heavy atom. The van der Waals surface area contributed by atoms with Crippen LogP contribution in [0.4, 0.5) is 18.9 Å². The Morgan fingerprint density at radius 1 is 1.13 bits per heavy atom. The van der Waals surface area contributed by atoms with Gasteiger partial charge < -0.3 is 5.32 Å². The molecule has 1 amide bonds. The van der Waals surface area contributed by atoms with Gasteiger partial charge in [0.15, 0.2) is 5.16 Å². The van der Waals surface area contributed by atoms with Crippen molar-refractivity contribution in [3.8, 4) is 0 Å². The van der Waals surface area contributed by atoms with E-state index >= 15 is 0 Å². The fourth-order valence-electron chi connectivity index (χ4n) is 3.81. The first-order valence-corrected chi connectivity index (χ1v) is 10.9. The fraction of sp³-hybridized carbons (Fsp3) is 0.318. The van der Waals surface area contributed by atoms with Crippen molar-refractivity contribution in [2.24, 2.45) is 0 Å². The number of benzene rings is 2. The van der Waals surface area contributed by atoms with Crippen LogP contribution in [0.2, 0.25) is 0 Å². The molecule has 1 saturated carbocycles. The topological polar surface area (TPSA) is 64.0 Å². The number of nitrogens with zero attached hydrogens (tertiary/aromatic N) is 2. The number of rotatable bonds is 5. The number of halogens is 3. The molecule has 162 valence electrons. The molecular formula is C22H20F3N3O2S. The Bertz CT molecular complexity index is 1170. The van der Waals surface area contributed by atoms with E-state index in [0.29, 0.717) is 16.1 Å². The highest BCUT2D eigenvalue weighted by Crippen LogP contribution is 2.33. The average Bonchev–Trinajstić information content (AvgIpc) is 3.26. The standard InChI is InChI=1S/C22H20F3N3O2S/c23-22(24,25)14-6-5-7-15(12-14)26-19(29)13-31-21-27-18-11-4-3-10-17(18)20(30)28(21)16-8-1-2-9-16/h3-7,10-12,16H,1-2,8-9,13H2,(H,26,29). The number of hydrogen-bond donors (Lipinski definition) is 1. The lowest BCUT2D eigenvalue weighted by molar-refractivity contribution is -0.137. The predicted octanol–water partition coefficient (Wildman–Crippen LogP) is 5.26. The van der Waals surface area contributed by atoms with E-state index in [1.165, 1.54) is 12.1 Å². The van der Waals surface area contributed by atoms with Crippen LogP contribution in [-0.2, 0) is 11.0 Å². The minimum Gasteiger partial charge on any atom is -0.325 e. The minimum absolute atomic E-state index is 0.0404. The van der Waals surface area contributed by atoms with E-state index in [9.17, 15) is 22.8 Å². The Hall–Kier alpha value is -2.81. The second-order valence-corrected chi connectivity index (χ2v) is 8.38. The van der Waals surface area contributed by atoms with Crippen LogP contribution in [-0.4, -0.2) is 21.2 Å². The molecular weight excluding hydrogens is 427 g/mol. The number of nitrogens with one attached hydrogen (secondary N) is 1. The highest BCUT2D eigenvalue weighted by molar-refractivity contribution is 7.99. The molecule has 2 aromatic carbocycles. The highest BCUT2D eigenvalue weighted by Gasteiger charge is 2.30. The van der Waals surface area contributed by atoms with Crippen LogP contribution in [0.15, 0.2) is 58.5 Å². The fourth-order valence-corrected chi connectivity index (χ4v) is 4.68. The number of fused-ring (bicyclic) bond motifs is 1. The molecule has 0 bridgehead atoms. The van der Waals surface area contributed by atoms with Gasteiger partial charge in [-0.05, 0) is 43.2 Å².